The summed E-state index contributed by atoms with van der Waals surface area (Å²) in [4.78, 5) is 108. The third kappa shape index (κ3) is 12.7. The molecule has 5 aliphatic rings. The van der Waals surface area contributed by atoms with Crippen LogP contribution in [0.3, 0.4) is 0 Å². The summed E-state index contributed by atoms with van der Waals surface area (Å²) in [6.45, 7) is 3.23. The molecule has 7 N–H and O–H groups in total. The number of hydrogen-bond acceptors (Lipinski definition) is 16. The summed E-state index contributed by atoms with van der Waals surface area (Å²) < 4.78 is 60.8. The van der Waals surface area contributed by atoms with E-state index in [0.29, 0.717) is 59.6 Å². The maximum Gasteiger partial charge on any atom is 0.288 e. The molecule has 5 aromatic rings. The largest absolute Gasteiger partial charge is 0.493 e. The first-order valence-electron chi connectivity index (χ1n) is 27.6. The predicted octanol–water partition coefficient (Wildman–Crippen LogP) is 4.62. The lowest BCUT2D eigenvalue weighted by Crippen LogP contribution is -2.50. The molecule has 0 saturated heterocycles. The van der Waals surface area contributed by atoms with E-state index in [4.69, 9.17) is 18.9 Å². The molecule has 25 heteroatoms. The monoisotopic (exact) mass is 1180 g/mol. The van der Waals surface area contributed by atoms with Gasteiger partial charge in [-0.3, -0.25) is 47.8 Å². The summed E-state index contributed by atoms with van der Waals surface area (Å²) in [5.41, 5.74) is 5.52. The van der Waals surface area contributed by atoms with Crippen LogP contribution >= 0.6 is 0 Å². The van der Waals surface area contributed by atoms with Gasteiger partial charge in [0.05, 0.1) is 48.8 Å². The van der Waals surface area contributed by atoms with Crippen molar-refractivity contribution in [2.24, 2.45) is 0 Å². The Morgan fingerprint density at radius 2 is 1.22 bits per heavy atom. The zero-order valence-electron chi connectivity index (χ0n) is 46.9. The third-order valence-corrected chi connectivity index (χ3v) is 16.4. The van der Waals surface area contributed by atoms with E-state index in [9.17, 15) is 51.3 Å². The van der Waals surface area contributed by atoms with Crippen molar-refractivity contribution < 1.29 is 70.3 Å². The summed E-state index contributed by atoms with van der Waals surface area (Å²) in [7, 11) is -1.95. The van der Waals surface area contributed by atoms with E-state index < -0.39 is 69.1 Å². The lowest BCUT2D eigenvalue weighted by Gasteiger charge is -2.27. The number of rotatable bonds is 22. The number of hydrogen-bond donors (Lipinski definition) is 7. The quantitative estimate of drug-likeness (QED) is 0.0282. The number of carbonyl (C=O) groups excluding carboxylic acids is 8. The summed E-state index contributed by atoms with van der Waals surface area (Å²) in [5, 5.41) is 15.4. The first-order chi connectivity index (χ1) is 40.8. The SMILES string of the molecule is COc1cc2c(cc1OCc1cc(COc3cc4c(cc3OC)C(=O)N3c5ccccc5C[C@H]3CN4)cc(NC(=O)C(C)NC(=O)C(C)NC(=O)CCCCC(=O)NCCN3C(=O)C=CC3=O)c1)NC(S(=O)(=O)O)C1Cc3ccccc3N1C2=O. The lowest BCUT2D eigenvalue weighted by molar-refractivity contribution is -0.137. The number of imide groups is 1. The Hall–Kier alpha value is -9.49. The number of amides is 8. The molecule has 0 radical (unpaired) electrons. The van der Waals surface area contributed by atoms with Gasteiger partial charge in [0.15, 0.2) is 28.4 Å². The molecule has 24 nitrogen and oxygen atoms in total. The average Bonchev–Trinajstić information content (AvgIpc) is 1.95. The molecular weight excluding hydrogens is 1120 g/mol. The van der Waals surface area contributed by atoms with Crippen molar-refractivity contribution in [1.82, 2.24) is 20.9 Å². The topological polar surface area (TPSA) is 310 Å². The Balaban J connectivity index is 0.829. The number of benzene rings is 5. The van der Waals surface area contributed by atoms with Crippen LogP contribution in [0.1, 0.15) is 82.5 Å². The van der Waals surface area contributed by atoms with Crippen LogP contribution in [-0.2, 0) is 64.9 Å². The van der Waals surface area contributed by atoms with Crippen LogP contribution < -0.4 is 60.6 Å². The van der Waals surface area contributed by atoms with Gasteiger partial charge in [0.25, 0.3) is 33.7 Å². The van der Waals surface area contributed by atoms with Gasteiger partial charge in [-0.25, -0.2) is 0 Å². The maximum atomic E-state index is 14.3. The predicted molar refractivity (Wildman–Crippen MR) is 311 cm³/mol. The zero-order chi connectivity index (χ0) is 60.3. The van der Waals surface area contributed by atoms with Crippen molar-refractivity contribution in [3.05, 3.63) is 137 Å². The van der Waals surface area contributed by atoms with E-state index >= 15 is 0 Å². The molecule has 444 valence electrons. The first kappa shape index (κ1) is 58.7. The normalized spacial score (nSPS) is 17.9. The van der Waals surface area contributed by atoms with Crippen LogP contribution in [0.2, 0.25) is 0 Å². The van der Waals surface area contributed by atoms with Crippen molar-refractivity contribution in [2.75, 3.05) is 59.6 Å². The number of carbonyl (C=O) groups is 8. The molecular formula is C60H63N9O15S. The Bertz CT molecular complexity index is 3670. The molecule has 5 atom stereocenters. The number of nitrogens with zero attached hydrogens (tertiary/aromatic N) is 3. The van der Waals surface area contributed by atoms with E-state index in [-0.39, 0.29) is 97.6 Å². The van der Waals surface area contributed by atoms with Crippen molar-refractivity contribution in [2.45, 2.75) is 95.1 Å². The van der Waals surface area contributed by atoms with Crippen LogP contribution in [0.15, 0.2) is 103 Å². The minimum Gasteiger partial charge on any atom is -0.493 e. The van der Waals surface area contributed by atoms with Gasteiger partial charge in [0, 0.05) is 73.8 Å². The number of para-hydroxylation sites is 2. The van der Waals surface area contributed by atoms with Crippen molar-refractivity contribution in [3.8, 4) is 23.0 Å². The highest BCUT2D eigenvalue weighted by atomic mass is 32.2. The Morgan fingerprint density at radius 3 is 1.85 bits per heavy atom. The average molecular weight is 1180 g/mol. The van der Waals surface area contributed by atoms with Crippen molar-refractivity contribution in [1.29, 1.82) is 0 Å². The lowest BCUT2D eigenvalue weighted by atomic mass is 10.1. The molecule has 5 heterocycles. The molecule has 0 fully saturated rings. The van der Waals surface area contributed by atoms with E-state index in [1.807, 2.05) is 29.2 Å². The van der Waals surface area contributed by atoms with Gasteiger partial charge in [-0.1, -0.05) is 36.4 Å². The van der Waals surface area contributed by atoms with Crippen molar-refractivity contribution in [3.63, 3.8) is 0 Å². The van der Waals surface area contributed by atoms with Gasteiger partial charge >= 0.3 is 0 Å². The molecule has 0 saturated carbocycles. The molecule has 85 heavy (non-hydrogen) atoms. The van der Waals surface area contributed by atoms with Gasteiger partial charge in [0.1, 0.15) is 25.3 Å². The van der Waals surface area contributed by atoms with Gasteiger partial charge in [-0.15, -0.1) is 0 Å². The van der Waals surface area contributed by atoms with Gasteiger partial charge in [-0.05, 0) is 104 Å². The molecule has 0 bridgehead atoms. The number of methoxy groups -OCH3 is 2. The maximum absolute atomic E-state index is 14.3. The highest BCUT2D eigenvalue weighted by Crippen LogP contribution is 2.44. The standard InChI is InChI=1S/C60H63N9O15S/c1-33(63-53(71)16-10-9-15-52(70)61-19-20-67-54(72)17-18-55(67)73)56(74)64-34(2)57(75)65-39-22-35(31-83-50-28-43-41(26-48(50)81-3)59(76)68-40(30-62-43)24-37-11-5-7-13-45(37)68)21-36(23-39)32-84-51-29-44-42(27-49(51)82-4)60(77)69-46-14-8-6-12-38(46)25-47(69)58(66-44)85(78,79)80/h5-8,11-14,17-18,21-23,26-29,33-34,40,47,58,62,66H,9-10,15-16,19-20,24-25,30-32H2,1-4H3,(H,61,70)(H,63,71)(H,64,74)(H,65,75)(H,78,79,80)/t33?,34?,40-,47?,58?/m0/s1. The van der Waals surface area contributed by atoms with Gasteiger partial charge < -0.3 is 60.6 Å². The highest BCUT2D eigenvalue weighted by molar-refractivity contribution is 7.86. The molecule has 5 aromatic carbocycles. The van der Waals surface area contributed by atoms with Crippen LogP contribution in [0.4, 0.5) is 28.4 Å². The summed E-state index contributed by atoms with van der Waals surface area (Å²) in [5.74, 6) is -2.82. The Morgan fingerprint density at radius 1 is 0.671 bits per heavy atom. The molecule has 8 amide bonds. The Kier molecular flexibility index (Phi) is 17.1. The summed E-state index contributed by atoms with van der Waals surface area (Å²) in [6, 6.07) is 22.8. The van der Waals surface area contributed by atoms with Gasteiger partial charge in [0.2, 0.25) is 23.6 Å². The minimum absolute atomic E-state index is 0.0128. The van der Waals surface area contributed by atoms with Crippen molar-refractivity contribution >= 4 is 85.8 Å². The summed E-state index contributed by atoms with van der Waals surface area (Å²) >= 11 is 0. The second kappa shape index (κ2) is 24.8. The summed E-state index contributed by atoms with van der Waals surface area (Å²) in [6.07, 6.45) is 3.97. The van der Waals surface area contributed by atoms with Gasteiger partial charge in [-0.2, -0.15) is 8.42 Å². The number of ether oxygens (including phenoxy) is 4. The molecule has 4 unspecified atom stereocenters. The zero-order valence-corrected chi connectivity index (χ0v) is 47.7. The van der Waals surface area contributed by atoms with E-state index in [2.05, 4.69) is 31.9 Å². The fraction of sp³-hybridized carbons (Fsp3) is 0.333. The van der Waals surface area contributed by atoms with Crippen LogP contribution in [-0.4, -0.2) is 129 Å². The van der Waals surface area contributed by atoms with Crippen LogP contribution in [0, 0.1) is 0 Å². The second-order valence-corrected chi connectivity index (χ2v) is 22.7. The van der Waals surface area contributed by atoms with E-state index in [1.165, 1.54) is 45.1 Å². The molecule has 0 aliphatic carbocycles. The van der Waals surface area contributed by atoms with Crippen LogP contribution in [0.5, 0.6) is 23.0 Å². The minimum atomic E-state index is -4.79. The number of anilines is 5. The molecule has 10 rings (SSSR count). The number of nitrogens with one attached hydrogen (secondary N) is 6. The third-order valence-electron chi connectivity index (χ3n) is 15.3. The molecule has 5 aliphatic heterocycles. The number of fused-ring (bicyclic) bond motifs is 8. The molecule has 0 spiro atoms. The first-order valence-corrected chi connectivity index (χ1v) is 29.1. The smallest absolute Gasteiger partial charge is 0.288 e. The second-order valence-electron chi connectivity index (χ2n) is 21.1. The van der Waals surface area contributed by atoms with E-state index in [0.717, 1.165) is 33.9 Å². The molecule has 0 aromatic heterocycles. The van der Waals surface area contributed by atoms with E-state index in [1.54, 1.807) is 54.6 Å². The fourth-order valence-electron chi connectivity index (χ4n) is 11.1. The number of unbranched alkanes of at least 4 members (excludes halogenated alkanes) is 1. The fourth-order valence-corrected chi connectivity index (χ4v) is 12.0. The highest BCUT2D eigenvalue weighted by Gasteiger charge is 2.47. The van der Waals surface area contributed by atoms with Crippen LogP contribution in [0.25, 0.3) is 0 Å². The Labute approximate surface area is 489 Å².